The Morgan fingerprint density at radius 3 is 2.04 bits per heavy atom. The molecule has 0 bridgehead atoms. The molecule has 0 atom stereocenters. The van der Waals surface area contributed by atoms with Crippen LogP contribution in [0.3, 0.4) is 0 Å². The Balaban J connectivity index is 1.60. The zero-order chi connectivity index (χ0) is 17.5. The first kappa shape index (κ1) is 16.7. The first-order chi connectivity index (χ1) is 11.2. The van der Waals surface area contributed by atoms with Crippen molar-refractivity contribution in [1.29, 1.82) is 0 Å². The highest BCUT2D eigenvalue weighted by atomic mass is 32.2. The molecule has 8 nitrogen and oxygen atoms in total. The molecule has 2 saturated heterocycles. The molecule has 3 N–H and O–H groups in total. The van der Waals surface area contributed by atoms with Gasteiger partial charge in [0.05, 0.1) is 4.90 Å². The number of carbonyl (C=O) groups excluding carboxylic acids is 1. The van der Waals surface area contributed by atoms with Gasteiger partial charge < -0.3 is 14.9 Å². The lowest BCUT2D eigenvalue weighted by Crippen LogP contribution is -2.62. The maximum absolute atomic E-state index is 12.4. The van der Waals surface area contributed by atoms with Crippen LogP contribution in [0.5, 0.6) is 0 Å². The lowest BCUT2D eigenvalue weighted by molar-refractivity contribution is -0.0291. The molecule has 3 rings (SSSR count). The smallest absolute Gasteiger partial charge is 0.407 e. The van der Waals surface area contributed by atoms with Crippen LogP contribution >= 0.6 is 0 Å². The Morgan fingerprint density at radius 2 is 1.58 bits per heavy atom. The summed E-state index contributed by atoms with van der Waals surface area (Å²) in [6, 6.07) is 5.56. The van der Waals surface area contributed by atoms with Crippen molar-refractivity contribution in [3.8, 4) is 0 Å². The molecule has 0 aliphatic carbocycles. The van der Waals surface area contributed by atoms with Crippen LogP contribution in [-0.2, 0) is 10.0 Å². The number of primary sulfonamides is 1. The molecular formula is C15H19N3O5S. The number of nitrogens with zero attached hydrogens (tertiary/aromatic N) is 2. The van der Waals surface area contributed by atoms with E-state index >= 15 is 0 Å². The fraction of sp³-hybridized carbons (Fsp3) is 0.467. The average molecular weight is 353 g/mol. The maximum Gasteiger partial charge on any atom is 0.407 e. The van der Waals surface area contributed by atoms with E-state index in [2.05, 4.69) is 0 Å². The number of hydrogen-bond acceptors (Lipinski definition) is 4. The van der Waals surface area contributed by atoms with Crippen molar-refractivity contribution in [2.75, 3.05) is 26.2 Å². The van der Waals surface area contributed by atoms with Crippen LogP contribution in [0.15, 0.2) is 29.2 Å². The highest BCUT2D eigenvalue weighted by Crippen LogP contribution is 2.41. The summed E-state index contributed by atoms with van der Waals surface area (Å²) in [7, 11) is -3.77. The van der Waals surface area contributed by atoms with Gasteiger partial charge in [0.2, 0.25) is 10.0 Å². The van der Waals surface area contributed by atoms with Gasteiger partial charge in [-0.3, -0.25) is 4.79 Å². The molecule has 2 aliphatic heterocycles. The summed E-state index contributed by atoms with van der Waals surface area (Å²) in [5, 5.41) is 14.0. The first-order valence-electron chi connectivity index (χ1n) is 7.60. The van der Waals surface area contributed by atoms with Gasteiger partial charge in [-0.2, -0.15) is 0 Å². The minimum absolute atomic E-state index is 0.0160. The van der Waals surface area contributed by atoms with Gasteiger partial charge >= 0.3 is 6.09 Å². The summed E-state index contributed by atoms with van der Waals surface area (Å²) < 4.78 is 22.5. The van der Waals surface area contributed by atoms with Gasteiger partial charge in [-0.1, -0.05) is 0 Å². The topological polar surface area (TPSA) is 121 Å². The second-order valence-electron chi connectivity index (χ2n) is 6.50. The molecule has 2 heterocycles. The van der Waals surface area contributed by atoms with Crippen molar-refractivity contribution < 1.29 is 23.1 Å². The Morgan fingerprint density at radius 1 is 1.04 bits per heavy atom. The number of benzene rings is 1. The van der Waals surface area contributed by atoms with Crippen LogP contribution < -0.4 is 5.14 Å². The molecule has 1 aromatic rings. The Labute approximate surface area is 139 Å². The Kier molecular flexibility index (Phi) is 4.00. The van der Waals surface area contributed by atoms with Crippen molar-refractivity contribution in [1.82, 2.24) is 9.80 Å². The zero-order valence-electron chi connectivity index (χ0n) is 13.0. The molecule has 1 aromatic carbocycles. The normalized spacial score (nSPS) is 19.9. The van der Waals surface area contributed by atoms with E-state index in [4.69, 9.17) is 10.2 Å². The van der Waals surface area contributed by atoms with Crippen LogP contribution in [0.4, 0.5) is 4.79 Å². The van der Waals surface area contributed by atoms with Gasteiger partial charge in [0.25, 0.3) is 5.91 Å². The van der Waals surface area contributed by atoms with Crippen LogP contribution in [0, 0.1) is 5.41 Å². The quantitative estimate of drug-likeness (QED) is 0.804. The first-order valence-corrected chi connectivity index (χ1v) is 9.15. The summed E-state index contributed by atoms with van der Waals surface area (Å²) in [5.74, 6) is -0.151. The third-order valence-corrected chi connectivity index (χ3v) is 5.79. The molecule has 0 radical (unpaired) electrons. The minimum Gasteiger partial charge on any atom is -0.465 e. The summed E-state index contributed by atoms with van der Waals surface area (Å²) in [6.45, 7) is 2.22. The molecule has 2 amide bonds. The molecule has 2 aliphatic rings. The summed E-state index contributed by atoms with van der Waals surface area (Å²) in [6.07, 6.45) is 0.619. The largest absolute Gasteiger partial charge is 0.465 e. The lowest BCUT2D eigenvalue weighted by Gasteiger charge is -2.53. The fourth-order valence-corrected chi connectivity index (χ4v) is 3.88. The van der Waals surface area contributed by atoms with Crippen molar-refractivity contribution in [2.45, 2.75) is 17.7 Å². The molecule has 130 valence electrons. The molecule has 0 saturated carbocycles. The number of sulfonamides is 1. The van der Waals surface area contributed by atoms with E-state index in [-0.39, 0.29) is 16.2 Å². The molecule has 1 spiro atoms. The number of carbonyl (C=O) groups is 2. The van der Waals surface area contributed by atoms with Gasteiger partial charge in [0.15, 0.2) is 0 Å². The van der Waals surface area contributed by atoms with Gasteiger partial charge in [-0.15, -0.1) is 0 Å². The molecule has 0 unspecified atom stereocenters. The number of piperidine rings is 1. The highest BCUT2D eigenvalue weighted by Gasteiger charge is 2.47. The van der Waals surface area contributed by atoms with E-state index in [0.29, 0.717) is 31.7 Å². The molecule has 0 aromatic heterocycles. The number of hydrogen-bond donors (Lipinski definition) is 2. The predicted molar refractivity (Wildman–Crippen MR) is 85.0 cm³/mol. The van der Waals surface area contributed by atoms with Gasteiger partial charge in [0, 0.05) is 37.2 Å². The van der Waals surface area contributed by atoms with Crippen LogP contribution in [0.1, 0.15) is 23.2 Å². The van der Waals surface area contributed by atoms with Crippen molar-refractivity contribution >= 4 is 22.0 Å². The van der Waals surface area contributed by atoms with Crippen LogP contribution in [0.25, 0.3) is 0 Å². The molecule has 2 fully saturated rings. The second kappa shape index (κ2) is 5.75. The number of nitrogens with two attached hydrogens (primary N) is 1. The summed E-state index contributed by atoms with van der Waals surface area (Å²) in [4.78, 5) is 26.5. The van der Waals surface area contributed by atoms with Crippen LogP contribution in [-0.4, -0.2) is 61.5 Å². The van der Waals surface area contributed by atoms with E-state index in [1.807, 2.05) is 0 Å². The number of carboxylic acid groups (broad SMARTS) is 1. The number of likely N-dealkylation sites (tertiary alicyclic amines) is 2. The fourth-order valence-electron chi connectivity index (χ4n) is 3.37. The van der Waals surface area contributed by atoms with E-state index in [0.717, 1.165) is 12.8 Å². The highest BCUT2D eigenvalue weighted by molar-refractivity contribution is 7.89. The zero-order valence-corrected chi connectivity index (χ0v) is 13.8. The third kappa shape index (κ3) is 3.09. The van der Waals surface area contributed by atoms with Crippen LogP contribution in [0.2, 0.25) is 0 Å². The second-order valence-corrected chi connectivity index (χ2v) is 8.06. The Bertz CT molecular complexity index is 759. The predicted octanol–water partition coefficient (Wildman–Crippen LogP) is 0.550. The van der Waals surface area contributed by atoms with Gasteiger partial charge in [-0.25, -0.2) is 18.4 Å². The van der Waals surface area contributed by atoms with Gasteiger partial charge in [0.1, 0.15) is 0 Å². The molecule has 9 heteroatoms. The van der Waals surface area contributed by atoms with Gasteiger partial charge in [-0.05, 0) is 37.1 Å². The third-order valence-electron chi connectivity index (χ3n) is 4.86. The average Bonchev–Trinajstić information content (AvgIpc) is 2.51. The van der Waals surface area contributed by atoms with E-state index in [1.165, 1.54) is 29.2 Å². The monoisotopic (exact) mass is 353 g/mol. The SMILES string of the molecule is NS(=O)(=O)c1ccc(C(=O)N2CC3(CCN(C(=O)O)CC3)C2)cc1. The van der Waals surface area contributed by atoms with Crippen molar-refractivity contribution in [2.24, 2.45) is 10.6 Å². The summed E-state index contributed by atoms with van der Waals surface area (Å²) >= 11 is 0. The maximum atomic E-state index is 12.4. The standard InChI is InChI=1S/C15H19N3O5S/c16-24(22,23)12-3-1-11(2-4-12)13(19)18-9-15(10-18)5-7-17(8-6-15)14(20)21/h1-4H,5-10H2,(H,20,21)(H2,16,22,23). The molecular weight excluding hydrogens is 334 g/mol. The van der Waals surface area contributed by atoms with Crippen molar-refractivity contribution in [3.63, 3.8) is 0 Å². The van der Waals surface area contributed by atoms with Crippen molar-refractivity contribution in [3.05, 3.63) is 29.8 Å². The number of rotatable bonds is 2. The van der Waals surface area contributed by atoms with E-state index in [9.17, 15) is 18.0 Å². The molecule has 24 heavy (non-hydrogen) atoms. The minimum atomic E-state index is -3.77. The Hall–Kier alpha value is -2.13. The number of amides is 2. The van der Waals surface area contributed by atoms with E-state index in [1.54, 1.807) is 4.90 Å². The van der Waals surface area contributed by atoms with E-state index < -0.39 is 16.1 Å². The summed E-state index contributed by atoms with van der Waals surface area (Å²) in [5.41, 5.74) is 0.433. The lowest BCUT2D eigenvalue weighted by atomic mass is 9.72.